The van der Waals surface area contributed by atoms with Crippen LogP contribution in [0.2, 0.25) is 0 Å². The van der Waals surface area contributed by atoms with E-state index in [1.54, 1.807) is 6.07 Å². The molecule has 0 aromatic heterocycles. The largest absolute Gasteiger partial charge is 0.449 e. The molecule has 1 unspecified atom stereocenters. The molecular formula is C14H17NO5S. The molecule has 1 aromatic rings. The van der Waals surface area contributed by atoms with Gasteiger partial charge in [0.05, 0.1) is 10.5 Å². The molecule has 6 nitrogen and oxygen atoms in total. The lowest BCUT2D eigenvalue weighted by Crippen LogP contribution is -2.37. The van der Waals surface area contributed by atoms with Gasteiger partial charge < -0.3 is 10.1 Å². The van der Waals surface area contributed by atoms with Crippen molar-refractivity contribution in [2.75, 3.05) is 6.26 Å². The highest BCUT2D eigenvalue weighted by Crippen LogP contribution is 2.20. The normalized spacial score (nSPS) is 16.1. The number of rotatable bonds is 5. The summed E-state index contributed by atoms with van der Waals surface area (Å²) in [6, 6.07) is 5.93. The molecule has 0 radical (unpaired) electrons. The fourth-order valence-electron chi connectivity index (χ4n) is 1.78. The van der Waals surface area contributed by atoms with E-state index in [0.717, 1.165) is 19.1 Å². The molecule has 0 spiro atoms. The summed E-state index contributed by atoms with van der Waals surface area (Å²) in [5.74, 6) is -1.20. The van der Waals surface area contributed by atoms with E-state index in [4.69, 9.17) is 4.74 Å². The number of esters is 1. The molecule has 1 aliphatic carbocycles. The van der Waals surface area contributed by atoms with Crippen LogP contribution in [-0.2, 0) is 19.4 Å². The van der Waals surface area contributed by atoms with E-state index in [-0.39, 0.29) is 22.4 Å². The number of carbonyl (C=O) groups is 2. The van der Waals surface area contributed by atoms with Crippen LogP contribution < -0.4 is 5.32 Å². The molecular weight excluding hydrogens is 294 g/mol. The van der Waals surface area contributed by atoms with Crippen LogP contribution in [0.15, 0.2) is 29.2 Å². The van der Waals surface area contributed by atoms with Crippen molar-refractivity contribution >= 4 is 21.7 Å². The van der Waals surface area contributed by atoms with Crippen LogP contribution in [-0.4, -0.2) is 38.7 Å². The van der Waals surface area contributed by atoms with E-state index in [1.807, 2.05) is 0 Å². The monoisotopic (exact) mass is 311 g/mol. The van der Waals surface area contributed by atoms with Gasteiger partial charge in [-0.2, -0.15) is 0 Å². The van der Waals surface area contributed by atoms with E-state index in [9.17, 15) is 18.0 Å². The lowest BCUT2D eigenvalue weighted by atomic mass is 10.2. The molecule has 114 valence electrons. The maximum Gasteiger partial charge on any atom is 0.340 e. The van der Waals surface area contributed by atoms with Crippen LogP contribution >= 0.6 is 0 Å². The van der Waals surface area contributed by atoms with Gasteiger partial charge in [-0.15, -0.1) is 0 Å². The molecule has 1 aromatic carbocycles. The van der Waals surface area contributed by atoms with E-state index < -0.39 is 21.9 Å². The van der Waals surface area contributed by atoms with Crippen LogP contribution in [0.1, 0.15) is 30.1 Å². The molecule has 1 saturated carbocycles. The summed E-state index contributed by atoms with van der Waals surface area (Å²) < 4.78 is 28.3. The Kier molecular flexibility index (Phi) is 4.32. The van der Waals surface area contributed by atoms with Crippen molar-refractivity contribution in [3.63, 3.8) is 0 Å². The summed E-state index contributed by atoms with van der Waals surface area (Å²) in [4.78, 5) is 23.7. The fourth-order valence-corrected chi connectivity index (χ4v) is 2.66. The Morgan fingerprint density at radius 2 is 1.90 bits per heavy atom. The van der Waals surface area contributed by atoms with Gasteiger partial charge in [0.25, 0.3) is 5.91 Å². The second-order valence-electron chi connectivity index (χ2n) is 5.10. The van der Waals surface area contributed by atoms with Gasteiger partial charge in [-0.1, -0.05) is 12.1 Å². The third-order valence-electron chi connectivity index (χ3n) is 3.08. The van der Waals surface area contributed by atoms with Crippen molar-refractivity contribution in [3.8, 4) is 0 Å². The van der Waals surface area contributed by atoms with Crippen LogP contribution in [0.3, 0.4) is 0 Å². The smallest absolute Gasteiger partial charge is 0.340 e. The van der Waals surface area contributed by atoms with Crippen molar-refractivity contribution in [2.45, 2.75) is 36.8 Å². The number of hydrogen-bond donors (Lipinski definition) is 1. The summed E-state index contributed by atoms with van der Waals surface area (Å²) in [7, 11) is -3.54. The summed E-state index contributed by atoms with van der Waals surface area (Å²) in [6.45, 7) is 1.46. The molecule has 1 amide bonds. The fraction of sp³-hybridized carbons (Fsp3) is 0.429. The summed E-state index contributed by atoms with van der Waals surface area (Å²) in [6.07, 6.45) is 1.92. The standard InChI is InChI=1S/C14H17NO5S/c1-9(13(16)15-10-7-8-10)20-14(17)11-5-3-4-6-12(11)21(2,18)19/h3-6,9-10H,7-8H2,1-2H3,(H,15,16). The molecule has 0 heterocycles. The molecule has 1 atom stereocenters. The quantitative estimate of drug-likeness (QED) is 0.817. The third kappa shape index (κ3) is 4.04. The molecule has 1 N–H and O–H groups in total. The van der Waals surface area contributed by atoms with Crippen molar-refractivity contribution < 1.29 is 22.7 Å². The zero-order valence-electron chi connectivity index (χ0n) is 11.8. The molecule has 1 aliphatic rings. The molecule has 1 fully saturated rings. The average Bonchev–Trinajstić information content (AvgIpc) is 3.21. The Morgan fingerprint density at radius 1 is 1.29 bits per heavy atom. The van der Waals surface area contributed by atoms with Gasteiger partial charge in [0.1, 0.15) is 0 Å². The van der Waals surface area contributed by atoms with Crippen LogP contribution in [0, 0.1) is 0 Å². The van der Waals surface area contributed by atoms with Gasteiger partial charge in [-0.05, 0) is 31.9 Å². The molecule has 21 heavy (non-hydrogen) atoms. The maximum atomic E-state index is 12.1. The maximum absolute atomic E-state index is 12.1. The lowest BCUT2D eigenvalue weighted by Gasteiger charge is -2.14. The number of nitrogens with one attached hydrogen (secondary N) is 1. The van der Waals surface area contributed by atoms with Gasteiger partial charge >= 0.3 is 5.97 Å². The molecule has 2 rings (SSSR count). The minimum Gasteiger partial charge on any atom is -0.449 e. The zero-order chi connectivity index (χ0) is 15.6. The predicted molar refractivity (Wildman–Crippen MR) is 75.6 cm³/mol. The predicted octanol–water partition coefficient (Wildman–Crippen LogP) is 0.914. The zero-order valence-corrected chi connectivity index (χ0v) is 12.6. The topological polar surface area (TPSA) is 89.5 Å². The highest BCUT2D eigenvalue weighted by molar-refractivity contribution is 7.90. The summed E-state index contributed by atoms with van der Waals surface area (Å²) >= 11 is 0. The van der Waals surface area contributed by atoms with E-state index in [2.05, 4.69) is 5.32 Å². The Balaban J connectivity index is 2.11. The number of ether oxygens (including phenoxy) is 1. The second-order valence-corrected chi connectivity index (χ2v) is 7.08. The third-order valence-corrected chi connectivity index (χ3v) is 4.24. The lowest BCUT2D eigenvalue weighted by molar-refractivity contribution is -0.129. The Morgan fingerprint density at radius 3 is 2.48 bits per heavy atom. The minimum absolute atomic E-state index is 0.0638. The Bertz CT molecular complexity index is 664. The SMILES string of the molecule is CC(OC(=O)c1ccccc1S(C)(=O)=O)C(=O)NC1CC1. The van der Waals surface area contributed by atoms with Crippen LogP contribution in [0.5, 0.6) is 0 Å². The highest BCUT2D eigenvalue weighted by Gasteiger charge is 2.28. The van der Waals surface area contributed by atoms with Crippen molar-refractivity contribution in [2.24, 2.45) is 0 Å². The van der Waals surface area contributed by atoms with Gasteiger partial charge in [0, 0.05) is 12.3 Å². The van der Waals surface area contributed by atoms with Gasteiger partial charge in [0.2, 0.25) is 0 Å². The van der Waals surface area contributed by atoms with Gasteiger partial charge in [-0.3, -0.25) is 4.79 Å². The van der Waals surface area contributed by atoms with Gasteiger partial charge in [0.15, 0.2) is 15.9 Å². The number of amides is 1. The van der Waals surface area contributed by atoms with E-state index in [1.165, 1.54) is 25.1 Å². The first-order valence-electron chi connectivity index (χ1n) is 6.59. The van der Waals surface area contributed by atoms with Gasteiger partial charge in [-0.25, -0.2) is 13.2 Å². The number of carbonyl (C=O) groups excluding carboxylic acids is 2. The molecule has 0 saturated heterocycles. The second kappa shape index (κ2) is 5.85. The molecule has 7 heteroatoms. The minimum atomic E-state index is -3.54. The van der Waals surface area contributed by atoms with Crippen LogP contribution in [0.25, 0.3) is 0 Å². The van der Waals surface area contributed by atoms with Crippen molar-refractivity contribution in [1.29, 1.82) is 0 Å². The molecule has 0 aliphatic heterocycles. The van der Waals surface area contributed by atoms with Crippen molar-refractivity contribution in [3.05, 3.63) is 29.8 Å². The summed E-state index contributed by atoms with van der Waals surface area (Å²) in [5, 5.41) is 2.72. The number of benzene rings is 1. The average molecular weight is 311 g/mol. The Labute approximate surface area is 123 Å². The first-order chi connectivity index (χ1) is 9.79. The number of sulfone groups is 1. The van der Waals surface area contributed by atoms with Crippen molar-refractivity contribution in [1.82, 2.24) is 5.32 Å². The molecule has 0 bridgehead atoms. The van der Waals surface area contributed by atoms with Crippen LogP contribution in [0.4, 0.5) is 0 Å². The highest BCUT2D eigenvalue weighted by atomic mass is 32.2. The Hall–Kier alpha value is -1.89. The number of hydrogen-bond acceptors (Lipinski definition) is 5. The first-order valence-corrected chi connectivity index (χ1v) is 8.48. The van der Waals surface area contributed by atoms with E-state index in [0.29, 0.717) is 0 Å². The summed E-state index contributed by atoms with van der Waals surface area (Å²) in [5.41, 5.74) is -0.0638. The first kappa shape index (κ1) is 15.5. The van der Waals surface area contributed by atoms with E-state index >= 15 is 0 Å².